The molecule has 0 fully saturated rings. The molecule has 0 radical (unpaired) electrons. The molecule has 2 aromatic carbocycles. The van der Waals surface area contributed by atoms with E-state index in [1.54, 1.807) is 0 Å². The number of nitrogens with zero attached hydrogens (tertiary/aromatic N) is 2. The largest absolute Gasteiger partial charge is 0.151 e. The number of aryl methyl sites for hydroxylation is 2. The van der Waals surface area contributed by atoms with Crippen molar-refractivity contribution in [1.29, 1.82) is 0 Å². The number of hydrogen-bond acceptors (Lipinski definition) is 2. The van der Waals surface area contributed by atoms with Gasteiger partial charge < -0.3 is 0 Å². The lowest BCUT2D eigenvalue weighted by molar-refractivity contribution is 1.22. The summed E-state index contributed by atoms with van der Waals surface area (Å²) < 4.78 is 0. The molecule has 0 saturated carbocycles. The van der Waals surface area contributed by atoms with Gasteiger partial charge in [0.25, 0.3) is 0 Å². The molecular weight excluding hydrogens is 196 g/mol. The fourth-order valence-electron chi connectivity index (χ4n) is 1.34. The summed E-state index contributed by atoms with van der Waals surface area (Å²) in [5.41, 5.74) is 4.22. The summed E-state index contributed by atoms with van der Waals surface area (Å²) in [5, 5.41) is 8.34. The maximum absolute atomic E-state index is 4.17. The van der Waals surface area contributed by atoms with Gasteiger partial charge in [-0.2, -0.15) is 10.2 Å². The molecule has 2 nitrogen and oxygen atoms in total. The highest BCUT2D eigenvalue weighted by atomic mass is 15.1. The topological polar surface area (TPSA) is 24.7 Å². The van der Waals surface area contributed by atoms with Gasteiger partial charge in [-0.15, -0.1) is 0 Å². The highest BCUT2D eigenvalue weighted by Gasteiger charge is 1.90. The maximum atomic E-state index is 4.17. The van der Waals surface area contributed by atoms with Crippen LogP contribution in [0.2, 0.25) is 0 Å². The highest BCUT2D eigenvalue weighted by Crippen LogP contribution is 2.18. The number of rotatable bonds is 2. The summed E-state index contributed by atoms with van der Waals surface area (Å²) >= 11 is 0. The lowest BCUT2D eigenvalue weighted by atomic mass is 10.2. The molecule has 0 unspecified atom stereocenters. The smallest absolute Gasteiger partial charge is 0.0857 e. The molecule has 0 aliphatic carbocycles. The molecule has 2 heteroatoms. The monoisotopic (exact) mass is 210 g/mol. The van der Waals surface area contributed by atoms with E-state index in [1.165, 1.54) is 11.1 Å². The zero-order valence-corrected chi connectivity index (χ0v) is 9.51. The summed E-state index contributed by atoms with van der Waals surface area (Å²) in [5.74, 6) is 0. The van der Waals surface area contributed by atoms with E-state index in [9.17, 15) is 0 Å². The Balaban J connectivity index is 2.15. The molecular formula is C14H14N2. The van der Waals surface area contributed by atoms with Gasteiger partial charge in [0.05, 0.1) is 11.4 Å². The molecule has 0 heterocycles. The predicted molar refractivity (Wildman–Crippen MR) is 66.5 cm³/mol. The average molecular weight is 210 g/mol. The summed E-state index contributed by atoms with van der Waals surface area (Å²) in [7, 11) is 0. The van der Waals surface area contributed by atoms with Crippen LogP contribution in [-0.4, -0.2) is 0 Å². The van der Waals surface area contributed by atoms with Gasteiger partial charge in [-0.05, 0) is 38.1 Å². The van der Waals surface area contributed by atoms with E-state index in [2.05, 4.69) is 24.1 Å². The van der Waals surface area contributed by atoms with Crippen LogP contribution < -0.4 is 0 Å². The van der Waals surface area contributed by atoms with Crippen LogP contribution in [0.25, 0.3) is 0 Å². The van der Waals surface area contributed by atoms with Crippen molar-refractivity contribution in [2.24, 2.45) is 10.2 Å². The fraction of sp³-hybridized carbons (Fsp3) is 0.143. The third-order valence-electron chi connectivity index (χ3n) is 2.35. The average Bonchev–Trinajstić information content (AvgIpc) is 2.30. The van der Waals surface area contributed by atoms with Crippen molar-refractivity contribution in [3.63, 3.8) is 0 Å². The lowest BCUT2D eigenvalue weighted by Crippen LogP contribution is -1.69. The molecule has 0 spiro atoms. The van der Waals surface area contributed by atoms with Crippen molar-refractivity contribution in [1.82, 2.24) is 0 Å². The summed E-state index contributed by atoms with van der Waals surface area (Å²) in [6.07, 6.45) is 0. The molecule has 0 bridgehead atoms. The second kappa shape index (κ2) is 4.71. The van der Waals surface area contributed by atoms with Crippen LogP contribution in [-0.2, 0) is 0 Å². The first kappa shape index (κ1) is 10.6. The van der Waals surface area contributed by atoms with Crippen molar-refractivity contribution in [2.45, 2.75) is 13.8 Å². The van der Waals surface area contributed by atoms with E-state index in [0.717, 1.165) is 11.4 Å². The first-order chi connectivity index (χ1) is 7.74. The van der Waals surface area contributed by atoms with E-state index in [-0.39, 0.29) is 0 Å². The third-order valence-corrected chi connectivity index (χ3v) is 2.35. The van der Waals surface area contributed by atoms with Crippen LogP contribution in [0.4, 0.5) is 11.4 Å². The quantitative estimate of drug-likeness (QED) is 0.641. The third kappa shape index (κ3) is 2.76. The number of hydrogen-bond donors (Lipinski definition) is 0. The Bertz CT molecular complexity index is 434. The zero-order chi connectivity index (χ0) is 11.4. The number of benzene rings is 2. The van der Waals surface area contributed by atoms with Gasteiger partial charge in [-0.1, -0.05) is 35.4 Å². The van der Waals surface area contributed by atoms with Gasteiger partial charge in [-0.25, -0.2) is 0 Å². The Hall–Kier alpha value is -1.96. The molecule has 0 aromatic heterocycles. The molecule has 2 rings (SSSR count). The van der Waals surface area contributed by atoms with Gasteiger partial charge in [-0.3, -0.25) is 0 Å². The van der Waals surface area contributed by atoms with Crippen molar-refractivity contribution >= 4 is 11.4 Å². The highest BCUT2D eigenvalue weighted by molar-refractivity contribution is 5.41. The van der Waals surface area contributed by atoms with E-state index in [0.29, 0.717) is 0 Å². The first-order valence-electron chi connectivity index (χ1n) is 5.29. The van der Waals surface area contributed by atoms with Crippen LogP contribution in [0, 0.1) is 13.8 Å². The van der Waals surface area contributed by atoms with Crippen LogP contribution >= 0.6 is 0 Å². The van der Waals surface area contributed by atoms with Crippen molar-refractivity contribution in [3.8, 4) is 0 Å². The lowest BCUT2D eigenvalue weighted by Gasteiger charge is -1.95. The normalized spacial score (nSPS) is 10.9. The van der Waals surface area contributed by atoms with E-state index in [4.69, 9.17) is 0 Å². The molecule has 0 atom stereocenters. The summed E-state index contributed by atoms with van der Waals surface area (Å²) in [6, 6.07) is 16.0. The van der Waals surface area contributed by atoms with Crippen molar-refractivity contribution in [2.75, 3.05) is 0 Å². The predicted octanol–water partition coefficient (Wildman–Crippen LogP) is 4.72. The number of azo groups is 1. The molecule has 0 aliphatic rings. The van der Waals surface area contributed by atoms with Crippen molar-refractivity contribution in [3.05, 3.63) is 59.7 Å². The van der Waals surface area contributed by atoms with Gasteiger partial charge >= 0.3 is 0 Å². The van der Waals surface area contributed by atoms with Crippen LogP contribution in [0.3, 0.4) is 0 Å². The Labute approximate surface area is 95.7 Å². The van der Waals surface area contributed by atoms with Gasteiger partial charge in [0.15, 0.2) is 0 Å². The van der Waals surface area contributed by atoms with E-state index >= 15 is 0 Å². The van der Waals surface area contributed by atoms with Crippen LogP contribution in [0.1, 0.15) is 11.1 Å². The molecule has 0 saturated heterocycles. The standard InChI is InChI=1S/C14H14N2/c1-11-3-7-13(8-4-11)15-16-14-9-5-12(2)6-10-14/h3-10H,1-2H3/b16-15-. The second-order valence-corrected chi connectivity index (χ2v) is 3.87. The van der Waals surface area contributed by atoms with Gasteiger partial charge in [0.1, 0.15) is 0 Å². The summed E-state index contributed by atoms with van der Waals surface area (Å²) in [6.45, 7) is 4.11. The maximum Gasteiger partial charge on any atom is 0.0857 e. The first-order valence-corrected chi connectivity index (χ1v) is 5.29. The van der Waals surface area contributed by atoms with Gasteiger partial charge in [0.2, 0.25) is 0 Å². The van der Waals surface area contributed by atoms with Crippen molar-refractivity contribution < 1.29 is 0 Å². The minimum atomic E-state index is 0.881. The fourth-order valence-corrected chi connectivity index (χ4v) is 1.34. The Kier molecular flexibility index (Phi) is 3.10. The molecule has 2 aromatic rings. The van der Waals surface area contributed by atoms with Gasteiger partial charge in [0, 0.05) is 0 Å². The molecule has 16 heavy (non-hydrogen) atoms. The zero-order valence-electron chi connectivity index (χ0n) is 9.51. The Morgan fingerprint density at radius 3 is 1.19 bits per heavy atom. The molecule has 0 N–H and O–H groups in total. The molecule has 0 aliphatic heterocycles. The Morgan fingerprint density at radius 2 is 0.875 bits per heavy atom. The minimum Gasteiger partial charge on any atom is -0.151 e. The minimum absolute atomic E-state index is 0.881. The second-order valence-electron chi connectivity index (χ2n) is 3.87. The SMILES string of the molecule is Cc1ccc(/N=N\c2ccc(C)cc2)cc1. The van der Waals surface area contributed by atoms with Crippen LogP contribution in [0.5, 0.6) is 0 Å². The summed E-state index contributed by atoms with van der Waals surface area (Å²) in [4.78, 5) is 0. The van der Waals surface area contributed by atoms with Crippen LogP contribution in [0.15, 0.2) is 58.8 Å². The van der Waals surface area contributed by atoms with E-state index < -0.39 is 0 Å². The Morgan fingerprint density at radius 1 is 0.562 bits per heavy atom. The molecule has 80 valence electrons. The molecule has 0 amide bonds. The van der Waals surface area contributed by atoms with E-state index in [1.807, 2.05) is 48.5 Å².